The summed E-state index contributed by atoms with van der Waals surface area (Å²) in [5.74, 6) is 1.38. The Balaban J connectivity index is 1.60. The highest BCUT2D eigenvalue weighted by Crippen LogP contribution is 2.35. The molecule has 0 fully saturated rings. The molecule has 0 saturated heterocycles. The maximum absolute atomic E-state index is 10.7. The molecule has 34 heavy (non-hydrogen) atoms. The monoisotopic (exact) mass is 495 g/mol. The smallest absolute Gasteiger partial charge is 0.191 e. The van der Waals surface area contributed by atoms with Crippen LogP contribution in [0.1, 0.15) is 38.0 Å². The van der Waals surface area contributed by atoms with Crippen molar-refractivity contribution in [2.75, 3.05) is 17.2 Å². The summed E-state index contributed by atoms with van der Waals surface area (Å²) in [6, 6.07) is 19.5. The third-order valence-corrected chi connectivity index (χ3v) is 7.16. The number of hydrogen-bond donors (Lipinski definition) is 4. The maximum atomic E-state index is 10.7. The average molecular weight is 496 g/mol. The number of anilines is 2. The second-order valence-corrected chi connectivity index (χ2v) is 10.7. The number of thioether (sulfide) groups is 1. The molecule has 7 nitrogen and oxygen atoms in total. The number of hydrogen-bond acceptors (Lipinski definition) is 9. The van der Waals surface area contributed by atoms with Gasteiger partial charge in [-0.3, -0.25) is 0 Å². The quantitative estimate of drug-likeness (QED) is 0.178. The van der Waals surface area contributed by atoms with Gasteiger partial charge in [-0.15, -0.1) is 0 Å². The van der Waals surface area contributed by atoms with Crippen LogP contribution in [0.2, 0.25) is 0 Å². The van der Waals surface area contributed by atoms with E-state index in [-0.39, 0.29) is 12.6 Å². The van der Waals surface area contributed by atoms with E-state index in [1.54, 1.807) is 11.8 Å². The Hall–Kier alpha value is -2.72. The van der Waals surface area contributed by atoms with Gasteiger partial charge in [0.05, 0.1) is 24.3 Å². The molecule has 4 aromatic rings. The minimum absolute atomic E-state index is 0.0464. The maximum Gasteiger partial charge on any atom is 0.191 e. The zero-order valence-electron chi connectivity index (χ0n) is 19.4. The number of nitrogens with zero attached hydrogens (tertiary/aromatic N) is 3. The van der Waals surface area contributed by atoms with Crippen LogP contribution in [0.3, 0.4) is 0 Å². The molecule has 2 atom stereocenters. The van der Waals surface area contributed by atoms with Crippen LogP contribution in [0.4, 0.5) is 10.9 Å². The van der Waals surface area contributed by atoms with Crippen molar-refractivity contribution < 1.29 is 10.2 Å². The fraction of sp³-hybridized carbons (Fsp3) is 0.320. The Bertz CT molecular complexity index is 1220. The molecule has 0 unspecified atom stereocenters. The summed E-state index contributed by atoms with van der Waals surface area (Å²) >= 11 is 2.97. The molecule has 0 bridgehead atoms. The molecule has 0 amide bonds. The van der Waals surface area contributed by atoms with Crippen molar-refractivity contribution in [3.63, 3.8) is 0 Å². The van der Waals surface area contributed by atoms with Gasteiger partial charge in [0.2, 0.25) is 0 Å². The van der Waals surface area contributed by atoms with Crippen LogP contribution in [0.25, 0.3) is 10.3 Å². The van der Waals surface area contributed by atoms with Gasteiger partial charge in [-0.1, -0.05) is 83.8 Å². The van der Waals surface area contributed by atoms with Crippen LogP contribution < -0.4 is 10.6 Å². The van der Waals surface area contributed by atoms with Crippen molar-refractivity contribution in [2.45, 2.75) is 49.4 Å². The highest BCUT2D eigenvalue weighted by atomic mass is 32.2. The molecule has 0 aliphatic heterocycles. The molecule has 0 aliphatic rings. The Morgan fingerprint density at radius 3 is 2.35 bits per heavy atom. The van der Waals surface area contributed by atoms with E-state index in [0.717, 1.165) is 16.0 Å². The molecule has 4 rings (SSSR count). The highest BCUT2D eigenvalue weighted by molar-refractivity contribution is 7.98. The van der Waals surface area contributed by atoms with Gasteiger partial charge in [0, 0.05) is 5.75 Å². The number of nitrogens with one attached hydrogen (secondary N) is 2. The number of fused-ring (bicyclic) bond motifs is 1. The van der Waals surface area contributed by atoms with E-state index in [9.17, 15) is 10.2 Å². The van der Waals surface area contributed by atoms with Crippen molar-refractivity contribution >= 4 is 44.4 Å². The molecule has 2 heterocycles. The molecule has 2 aromatic heterocycles. The highest BCUT2D eigenvalue weighted by Gasteiger charge is 2.23. The SMILES string of the molecule is C[C@H](Nc1nc2nc(SCc3ccccc3)nc(NC(C)(C)CO)c2s1)[C@H](O)c1ccccc1. The third kappa shape index (κ3) is 6.04. The second-order valence-electron chi connectivity index (χ2n) is 8.76. The standard InChI is InChI=1S/C25H29N5O2S2/c1-16(19(32)18-12-8-5-9-13-18)26-24-28-21-20(34-24)22(30-25(2,3)15-31)29-23(27-21)33-14-17-10-6-4-7-11-17/h4-13,16,19,31-32H,14-15H2,1-3H3,(H2,26,27,28,29,30)/t16-,19-/m0/s1. The lowest BCUT2D eigenvalue weighted by atomic mass is 10.0. The van der Waals surface area contributed by atoms with Crippen molar-refractivity contribution in [3.8, 4) is 0 Å². The van der Waals surface area contributed by atoms with E-state index >= 15 is 0 Å². The average Bonchev–Trinajstić information content (AvgIpc) is 3.26. The van der Waals surface area contributed by atoms with Crippen LogP contribution >= 0.6 is 23.1 Å². The van der Waals surface area contributed by atoms with Gasteiger partial charge in [0.25, 0.3) is 0 Å². The van der Waals surface area contributed by atoms with Gasteiger partial charge in [-0.2, -0.15) is 4.98 Å². The van der Waals surface area contributed by atoms with E-state index < -0.39 is 11.6 Å². The van der Waals surface area contributed by atoms with Crippen molar-refractivity contribution in [3.05, 3.63) is 71.8 Å². The fourth-order valence-electron chi connectivity index (χ4n) is 3.31. The number of aromatic nitrogens is 3. The summed E-state index contributed by atoms with van der Waals surface area (Å²) in [5.41, 5.74) is 2.05. The third-order valence-electron chi connectivity index (χ3n) is 5.26. The van der Waals surface area contributed by atoms with Crippen LogP contribution in [-0.2, 0) is 5.75 Å². The van der Waals surface area contributed by atoms with Gasteiger partial charge in [-0.25, -0.2) is 9.97 Å². The van der Waals surface area contributed by atoms with E-state index in [1.807, 2.05) is 69.3 Å². The lowest BCUT2D eigenvalue weighted by Gasteiger charge is -2.24. The number of benzene rings is 2. The molecule has 0 aliphatic carbocycles. The van der Waals surface area contributed by atoms with E-state index in [2.05, 4.69) is 27.8 Å². The first-order valence-corrected chi connectivity index (χ1v) is 12.9. The fourth-order valence-corrected chi connectivity index (χ4v) is 5.05. The zero-order valence-corrected chi connectivity index (χ0v) is 21.0. The van der Waals surface area contributed by atoms with Gasteiger partial charge < -0.3 is 20.8 Å². The summed E-state index contributed by atoms with van der Waals surface area (Å²) < 4.78 is 0.800. The Labute approximate surface area is 207 Å². The zero-order chi connectivity index (χ0) is 24.1. The largest absolute Gasteiger partial charge is 0.394 e. The summed E-state index contributed by atoms with van der Waals surface area (Å²) in [6.07, 6.45) is -0.679. The predicted octanol–water partition coefficient (Wildman–Crippen LogP) is 5.10. The van der Waals surface area contributed by atoms with Gasteiger partial charge >= 0.3 is 0 Å². The molecule has 178 valence electrons. The first-order valence-electron chi connectivity index (χ1n) is 11.1. The lowest BCUT2D eigenvalue weighted by molar-refractivity contribution is 0.161. The molecule has 0 spiro atoms. The normalized spacial score (nSPS) is 13.6. The summed E-state index contributed by atoms with van der Waals surface area (Å²) in [4.78, 5) is 14.1. The summed E-state index contributed by atoms with van der Waals surface area (Å²) in [7, 11) is 0. The van der Waals surface area contributed by atoms with Crippen molar-refractivity contribution in [1.82, 2.24) is 15.0 Å². The molecular formula is C25H29N5O2S2. The summed E-state index contributed by atoms with van der Waals surface area (Å²) in [6.45, 7) is 5.70. The van der Waals surface area contributed by atoms with E-state index in [0.29, 0.717) is 21.8 Å². The van der Waals surface area contributed by atoms with Crippen molar-refractivity contribution in [1.29, 1.82) is 0 Å². The number of rotatable bonds is 10. The van der Waals surface area contributed by atoms with Crippen LogP contribution in [0.15, 0.2) is 65.8 Å². The molecule has 4 N–H and O–H groups in total. The molecule has 0 saturated carbocycles. The van der Waals surface area contributed by atoms with E-state index in [4.69, 9.17) is 9.97 Å². The first-order chi connectivity index (χ1) is 16.3. The minimum atomic E-state index is -0.679. The molecule has 9 heteroatoms. The predicted molar refractivity (Wildman–Crippen MR) is 140 cm³/mol. The van der Waals surface area contributed by atoms with Gasteiger partial charge in [0.15, 0.2) is 21.8 Å². The molecular weight excluding hydrogens is 466 g/mol. The number of thiazole rings is 1. The Morgan fingerprint density at radius 2 is 1.68 bits per heavy atom. The number of aliphatic hydroxyl groups excluding tert-OH is 2. The van der Waals surface area contributed by atoms with E-state index in [1.165, 1.54) is 16.9 Å². The van der Waals surface area contributed by atoms with Gasteiger partial charge in [-0.05, 0) is 31.9 Å². The van der Waals surface area contributed by atoms with Crippen LogP contribution in [-0.4, -0.2) is 43.4 Å². The topological polar surface area (TPSA) is 103 Å². The molecule has 0 radical (unpaired) electrons. The number of aliphatic hydroxyl groups is 2. The summed E-state index contributed by atoms with van der Waals surface area (Å²) in [5, 5.41) is 28.4. The second kappa shape index (κ2) is 10.7. The molecule has 2 aromatic carbocycles. The van der Waals surface area contributed by atoms with Gasteiger partial charge in [0.1, 0.15) is 4.70 Å². The van der Waals surface area contributed by atoms with Crippen LogP contribution in [0.5, 0.6) is 0 Å². The minimum Gasteiger partial charge on any atom is -0.394 e. The van der Waals surface area contributed by atoms with Crippen molar-refractivity contribution in [2.24, 2.45) is 0 Å². The first kappa shape index (κ1) is 24.4. The lowest BCUT2D eigenvalue weighted by Crippen LogP contribution is -2.35. The van der Waals surface area contributed by atoms with Crippen LogP contribution in [0, 0.1) is 0 Å². The Kier molecular flexibility index (Phi) is 7.67. The Morgan fingerprint density at radius 1 is 1.00 bits per heavy atom.